The Labute approximate surface area is 207 Å². The van der Waals surface area contributed by atoms with E-state index in [1.807, 2.05) is 24.3 Å². The van der Waals surface area contributed by atoms with Gasteiger partial charge in [-0.2, -0.15) is 9.29 Å². The molecule has 3 fully saturated rings. The van der Waals surface area contributed by atoms with Crippen molar-refractivity contribution in [1.29, 1.82) is 0 Å². The zero-order chi connectivity index (χ0) is 24.4. The summed E-state index contributed by atoms with van der Waals surface area (Å²) >= 11 is 0. The van der Waals surface area contributed by atoms with E-state index in [0.717, 1.165) is 48.7 Å². The van der Waals surface area contributed by atoms with Crippen LogP contribution in [0.15, 0.2) is 30.5 Å². The molecule has 0 unspecified atom stereocenters. The summed E-state index contributed by atoms with van der Waals surface area (Å²) in [4.78, 5) is 9.30. The number of benzene rings is 1. The molecular weight excluding hydrogens is 468 g/mol. The fourth-order valence-electron chi connectivity index (χ4n) is 4.73. The molecule has 10 heteroatoms. The van der Waals surface area contributed by atoms with E-state index in [9.17, 15) is 8.42 Å². The van der Waals surface area contributed by atoms with Crippen molar-refractivity contribution in [2.24, 2.45) is 5.92 Å². The second-order valence-electron chi connectivity index (χ2n) is 9.96. The van der Waals surface area contributed by atoms with E-state index in [2.05, 4.69) is 17.2 Å². The number of rotatable bonds is 8. The molecule has 3 aliphatic rings. The average Bonchev–Trinajstić information content (AvgIpc) is 3.31. The summed E-state index contributed by atoms with van der Waals surface area (Å²) in [5, 5.41) is 3.47. The molecule has 1 saturated carbocycles. The Kier molecular flexibility index (Phi) is 7.13. The second-order valence-corrected chi connectivity index (χ2v) is 11.9. The third-order valence-electron chi connectivity index (χ3n) is 7.02. The molecule has 190 valence electrons. The number of hydrogen-bond donors (Lipinski definition) is 1. The fraction of sp³-hybridized carbons (Fsp3) is 0.600. The van der Waals surface area contributed by atoms with Gasteiger partial charge in [0.2, 0.25) is 21.9 Å². The van der Waals surface area contributed by atoms with Crippen LogP contribution >= 0.6 is 0 Å². The summed E-state index contributed by atoms with van der Waals surface area (Å²) in [6, 6.07) is 8.15. The van der Waals surface area contributed by atoms with Crippen molar-refractivity contribution in [3.63, 3.8) is 0 Å². The Morgan fingerprint density at radius 2 is 1.77 bits per heavy atom. The maximum Gasteiger partial charge on any atom is 0.226 e. The molecule has 1 aliphatic carbocycles. The van der Waals surface area contributed by atoms with Crippen molar-refractivity contribution in [1.82, 2.24) is 14.3 Å². The Hall–Kier alpha value is -2.43. The molecule has 0 radical (unpaired) electrons. The third-order valence-corrected chi connectivity index (χ3v) is 8.26. The van der Waals surface area contributed by atoms with Crippen LogP contribution in [0.2, 0.25) is 0 Å². The number of nitrogens with one attached hydrogen (secondary N) is 1. The molecule has 0 amide bonds. The van der Waals surface area contributed by atoms with Gasteiger partial charge in [-0.3, -0.25) is 0 Å². The van der Waals surface area contributed by atoms with Gasteiger partial charge in [-0.05, 0) is 49.3 Å². The van der Waals surface area contributed by atoms with E-state index in [1.165, 1.54) is 23.4 Å². The second kappa shape index (κ2) is 10.3. The predicted molar refractivity (Wildman–Crippen MR) is 133 cm³/mol. The summed E-state index contributed by atoms with van der Waals surface area (Å²) in [5.74, 6) is 2.56. The van der Waals surface area contributed by atoms with Crippen LogP contribution in [0.4, 0.5) is 5.95 Å². The van der Waals surface area contributed by atoms with Gasteiger partial charge >= 0.3 is 0 Å². The van der Waals surface area contributed by atoms with Crippen molar-refractivity contribution in [3.8, 4) is 22.8 Å². The van der Waals surface area contributed by atoms with Gasteiger partial charge in [0.25, 0.3) is 0 Å². The van der Waals surface area contributed by atoms with Crippen LogP contribution in [0.25, 0.3) is 11.1 Å². The Balaban J connectivity index is 1.33. The molecule has 2 saturated heterocycles. The van der Waals surface area contributed by atoms with Crippen LogP contribution in [0.5, 0.6) is 11.6 Å². The van der Waals surface area contributed by atoms with Gasteiger partial charge in [0.05, 0.1) is 38.1 Å². The van der Waals surface area contributed by atoms with Gasteiger partial charge in [-0.15, -0.1) is 0 Å². The summed E-state index contributed by atoms with van der Waals surface area (Å²) in [7, 11) is -3.21. The number of hydrogen-bond acceptors (Lipinski definition) is 8. The molecule has 0 spiro atoms. The van der Waals surface area contributed by atoms with Crippen molar-refractivity contribution in [3.05, 3.63) is 30.5 Å². The Morgan fingerprint density at radius 3 is 2.43 bits per heavy atom. The standard InChI is InChI=1S/C25H34N4O5S/c1-17-3-7-19(8-4-17)27-25-26-13-23(24(28-25)34-22-14-29(15-22)35(2,30)31)18-5-9-20(10-6-18)33-21-11-12-32-16-21/h5-6,9-10,13,17,19,21-22H,3-4,7-8,11-12,14-16H2,1-2H3,(H,26,27,28)/t17?,19?,21-/m0/s1. The van der Waals surface area contributed by atoms with E-state index in [-0.39, 0.29) is 12.2 Å². The predicted octanol–water partition coefficient (Wildman–Crippen LogP) is 3.32. The number of nitrogens with zero attached hydrogens (tertiary/aromatic N) is 3. The highest BCUT2D eigenvalue weighted by molar-refractivity contribution is 7.88. The SMILES string of the molecule is CC1CCC(Nc2ncc(-c3ccc(O[C@H]4CCOC4)cc3)c(OC3CN(S(C)(=O)=O)C3)n2)CC1. The van der Waals surface area contributed by atoms with Crippen LogP contribution in [0.3, 0.4) is 0 Å². The summed E-state index contributed by atoms with van der Waals surface area (Å²) < 4.78 is 42.5. The molecule has 5 rings (SSSR count). The lowest BCUT2D eigenvalue weighted by atomic mass is 9.87. The van der Waals surface area contributed by atoms with Crippen LogP contribution < -0.4 is 14.8 Å². The van der Waals surface area contributed by atoms with E-state index >= 15 is 0 Å². The highest BCUT2D eigenvalue weighted by Gasteiger charge is 2.35. The number of aromatic nitrogens is 2. The number of anilines is 1. The number of ether oxygens (including phenoxy) is 3. The lowest BCUT2D eigenvalue weighted by molar-refractivity contribution is 0.0731. The average molecular weight is 503 g/mol. The van der Waals surface area contributed by atoms with E-state index in [4.69, 9.17) is 19.2 Å². The summed E-state index contributed by atoms with van der Waals surface area (Å²) in [5.41, 5.74) is 1.67. The van der Waals surface area contributed by atoms with E-state index in [1.54, 1.807) is 6.20 Å². The topological polar surface area (TPSA) is 103 Å². The first-order valence-electron chi connectivity index (χ1n) is 12.4. The molecule has 2 aromatic rings. The molecule has 1 aromatic heterocycles. The van der Waals surface area contributed by atoms with Crippen LogP contribution in [0.1, 0.15) is 39.0 Å². The zero-order valence-electron chi connectivity index (χ0n) is 20.4. The summed E-state index contributed by atoms with van der Waals surface area (Å²) in [6.07, 6.45) is 8.34. The minimum atomic E-state index is -3.21. The molecule has 1 atom stereocenters. The highest BCUT2D eigenvalue weighted by atomic mass is 32.2. The van der Waals surface area contributed by atoms with Crippen LogP contribution in [-0.4, -0.2) is 73.5 Å². The van der Waals surface area contributed by atoms with Gasteiger partial charge in [-0.25, -0.2) is 13.4 Å². The zero-order valence-corrected chi connectivity index (χ0v) is 21.2. The van der Waals surface area contributed by atoms with E-state index in [0.29, 0.717) is 37.6 Å². The van der Waals surface area contributed by atoms with Crippen LogP contribution in [0, 0.1) is 5.92 Å². The molecule has 1 N–H and O–H groups in total. The molecule has 0 bridgehead atoms. The van der Waals surface area contributed by atoms with Crippen LogP contribution in [-0.2, 0) is 14.8 Å². The van der Waals surface area contributed by atoms with Gasteiger partial charge < -0.3 is 19.5 Å². The summed E-state index contributed by atoms with van der Waals surface area (Å²) in [6.45, 7) is 4.29. The normalized spacial score (nSPS) is 25.7. The molecule has 1 aromatic carbocycles. The van der Waals surface area contributed by atoms with Crippen molar-refractivity contribution in [2.75, 3.05) is 37.9 Å². The number of sulfonamides is 1. The van der Waals surface area contributed by atoms with Crippen molar-refractivity contribution < 1.29 is 22.6 Å². The highest BCUT2D eigenvalue weighted by Crippen LogP contribution is 2.33. The fourth-order valence-corrected chi connectivity index (χ4v) is 5.60. The lowest BCUT2D eigenvalue weighted by Crippen LogP contribution is -2.55. The minimum absolute atomic E-state index is 0.0904. The van der Waals surface area contributed by atoms with E-state index < -0.39 is 10.0 Å². The Morgan fingerprint density at radius 1 is 1.03 bits per heavy atom. The molecule has 2 aliphatic heterocycles. The maximum absolute atomic E-state index is 11.8. The molecular formula is C25H34N4O5S. The van der Waals surface area contributed by atoms with Crippen molar-refractivity contribution >= 4 is 16.0 Å². The van der Waals surface area contributed by atoms with Gasteiger partial charge in [-0.1, -0.05) is 19.1 Å². The van der Waals surface area contributed by atoms with Gasteiger partial charge in [0, 0.05) is 18.7 Å². The first-order valence-corrected chi connectivity index (χ1v) is 14.3. The molecule has 35 heavy (non-hydrogen) atoms. The lowest BCUT2D eigenvalue weighted by Gasteiger charge is -2.36. The quantitative estimate of drug-likeness (QED) is 0.586. The smallest absolute Gasteiger partial charge is 0.226 e. The monoisotopic (exact) mass is 502 g/mol. The maximum atomic E-state index is 11.8. The first-order chi connectivity index (χ1) is 16.8. The van der Waals surface area contributed by atoms with Gasteiger partial charge in [0.15, 0.2) is 0 Å². The minimum Gasteiger partial charge on any atom is -0.488 e. The third kappa shape index (κ3) is 6.05. The first kappa shape index (κ1) is 24.3. The van der Waals surface area contributed by atoms with Gasteiger partial charge in [0.1, 0.15) is 18.0 Å². The Bertz CT molecular complexity index is 1110. The molecule has 9 nitrogen and oxygen atoms in total. The van der Waals surface area contributed by atoms with Crippen molar-refractivity contribution in [2.45, 2.75) is 57.3 Å². The molecule has 3 heterocycles. The largest absolute Gasteiger partial charge is 0.488 e.